The van der Waals surface area contributed by atoms with Crippen molar-refractivity contribution in [2.75, 3.05) is 25.1 Å². The molecule has 1 aromatic heterocycles. The van der Waals surface area contributed by atoms with Crippen LogP contribution in [0.3, 0.4) is 0 Å². The number of aryl methyl sites for hydroxylation is 1. The van der Waals surface area contributed by atoms with E-state index in [0.29, 0.717) is 29.6 Å². The molecule has 3 amide bonds. The Morgan fingerprint density at radius 3 is 2.33 bits per heavy atom. The van der Waals surface area contributed by atoms with Gasteiger partial charge in [-0.25, -0.2) is 9.78 Å². The van der Waals surface area contributed by atoms with Gasteiger partial charge < -0.3 is 25.2 Å². The number of anilines is 1. The highest BCUT2D eigenvalue weighted by Crippen LogP contribution is 2.48. The number of nitrogens with zero attached hydrogens (tertiary/aromatic N) is 2. The van der Waals surface area contributed by atoms with Gasteiger partial charge in [0.05, 0.1) is 26.1 Å². The number of esters is 1. The minimum absolute atomic E-state index is 0.0578. The molecule has 11 heteroatoms. The van der Waals surface area contributed by atoms with Crippen LogP contribution in [0.15, 0.2) is 72.9 Å². The standard InChI is InChI=1S/C41H48N4O7/c1-25-20-32(25)33-23-42-36(21-26(33)2)45(40(50)52-41(3,4)5)19-9-12-37(47)43-24-38(48)44-34(22-39(49)51-6)28-15-13-27(14-16-28)29-17-18-35(46)31-11-8-7-10-30(29)31/h7-8,10-11,13-18,21,23,25,32,34,46H,9,12,19-20,22,24H2,1-6H3,(H,43,47)(H,44,48)/t25?,32-,34-/m0/s1. The number of nitrogens with one attached hydrogen (secondary N) is 2. The van der Waals surface area contributed by atoms with Gasteiger partial charge in [-0.1, -0.05) is 61.5 Å². The highest BCUT2D eigenvalue weighted by molar-refractivity contribution is 6.00. The molecule has 3 N–H and O–H groups in total. The minimum atomic E-state index is -0.714. The quantitative estimate of drug-likeness (QED) is 0.125. The second kappa shape index (κ2) is 16.3. The molecule has 1 aliphatic carbocycles. The average Bonchev–Trinajstić information content (AvgIpc) is 3.84. The Kier molecular flexibility index (Phi) is 11.8. The number of fused-ring (bicyclic) bond motifs is 1. The number of carbonyl (C=O) groups excluding carboxylic acids is 4. The highest BCUT2D eigenvalue weighted by Gasteiger charge is 2.35. The van der Waals surface area contributed by atoms with Crippen molar-refractivity contribution in [3.8, 4) is 16.9 Å². The normalized spacial score (nSPS) is 15.7. The molecule has 1 fully saturated rings. The maximum absolute atomic E-state index is 13.2. The summed E-state index contributed by atoms with van der Waals surface area (Å²) >= 11 is 0. The Bertz CT molecular complexity index is 1940. The second-order valence-corrected chi connectivity index (χ2v) is 14.4. The molecule has 0 spiro atoms. The Morgan fingerprint density at radius 1 is 1.00 bits per heavy atom. The smallest absolute Gasteiger partial charge is 0.416 e. The molecule has 52 heavy (non-hydrogen) atoms. The van der Waals surface area contributed by atoms with Crippen LogP contribution in [0, 0.1) is 12.8 Å². The lowest BCUT2D eigenvalue weighted by Gasteiger charge is -2.27. The predicted octanol–water partition coefficient (Wildman–Crippen LogP) is 7.10. The fraction of sp³-hybridized carbons (Fsp3) is 0.390. The first-order valence-electron chi connectivity index (χ1n) is 17.6. The van der Waals surface area contributed by atoms with Crippen LogP contribution in [0.2, 0.25) is 0 Å². The number of rotatable bonds is 13. The van der Waals surface area contributed by atoms with Crippen molar-refractivity contribution in [1.29, 1.82) is 0 Å². The third-order valence-corrected chi connectivity index (χ3v) is 9.23. The van der Waals surface area contributed by atoms with Crippen molar-refractivity contribution < 1.29 is 33.8 Å². The number of amides is 3. The topological polar surface area (TPSA) is 147 Å². The average molecular weight is 709 g/mol. The molecule has 3 aromatic carbocycles. The van der Waals surface area contributed by atoms with Crippen molar-refractivity contribution in [3.05, 3.63) is 89.6 Å². The van der Waals surface area contributed by atoms with E-state index in [1.807, 2.05) is 73.8 Å². The van der Waals surface area contributed by atoms with Crippen molar-refractivity contribution in [2.24, 2.45) is 5.92 Å². The van der Waals surface area contributed by atoms with Gasteiger partial charge in [-0.15, -0.1) is 0 Å². The number of phenolic OH excluding ortho intramolecular Hbond substituents is 1. The number of benzene rings is 3. The van der Waals surface area contributed by atoms with Gasteiger partial charge in [-0.3, -0.25) is 19.3 Å². The van der Waals surface area contributed by atoms with Crippen molar-refractivity contribution in [2.45, 2.75) is 77.9 Å². The first-order valence-corrected chi connectivity index (χ1v) is 17.6. The van der Waals surface area contributed by atoms with Gasteiger partial charge in [0.1, 0.15) is 17.2 Å². The number of aromatic hydroxyl groups is 1. The maximum Gasteiger partial charge on any atom is 0.416 e. The minimum Gasteiger partial charge on any atom is -0.507 e. The van der Waals surface area contributed by atoms with Gasteiger partial charge in [-0.2, -0.15) is 0 Å². The molecular weight excluding hydrogens is 660 g/mol. The van der Waals surface area contributed by atoms with E-state index in [1.54, 1.807) is 26.8 Å². The molecule has 1 aliphatic rings. The number of ether oxygens (including phenoxy) is 2. The van der Waals surface area contributed by atoms with Crippen LogP contribution in [-0.4, -0.2) is 59.8 Å². The molecule has 4 aromatic rings. The second-order valence-electron chi connectivity index (χ2n) is 14.4. The number of pyridine rings is 1. The van der Waals surface area contributed by atoms with E-state index in [2.05, 4.69) is 22.5 Å². The van der Waals surface area contributed by atoms with Gasteiger partial charge in [0.2, 0.25) is 11.8 Å². The number of hydrogen-bond acceptors (Lipinski definition) is 8. The van der Waals surface area contributed by atoms with Crippen LogP contribution >= 0.6 is 0 Å². The Balaban J connectivity index is 1.18. The zero-order chi connectivity index (χ0) is 37.6. The summed E-state index contributed by atoms with van der Waals surface area (Å²) in [6.45, 7) is 9.50. The van der Waals surface area contributed by atoms with E-state index >= 15 is 0 Å². The summed E-state index contributed by atoms with van der Waals surface area (Å²) in [5.74, 6) is 0.434. The van der Waals surface area contributed by atoms with Crippen LogP contribution < -0.4 is 15.5 Å². The molecule has 1 heterocycles. The largest absolute Gasteiger partial charge is 0.507 e. The molecular formula is C41H48N4O7. The Morgan fingerprint density at radius 2 is 1.69 bits per heavy atom. The zero-order valence-corrected chi connectivity index (χ0v) is 30.7. The van der Waals surface area contributed by atoms with Gasteiger partial charge in [0, 0.05) is 24.5 Å². The molecule has 0 aliphatic heterocycles. The number of methoxy groups -OCH3 is 1. The SMILES string of the molecule is COC(=O)C[C@H](NC(=O)CNC(=O)CCCN(C(=O)OC(C)(C)C)c1cc(C)c([C@H]2CC2C)cn1)c1ccc(-c2ccc(O)c3ccccc23)cc1. The van der Waals surface area contributed by atoms with Crippen LogP contribution in [-0.2, 0) is 23.9 Å². The van der Waals surface area contributed by atoms with E-state index in [9.17, 15) is 24.3 Å². The number of aromatic nitrogens is 1. The van der Waals surface area contributed by atoms with Crippen molar-refractivity contribution >= 4 is 40.5 Å². The number of carbonyl (C=O) groups is 4. The van der Waals surface area contributed by atoms with E-state index < -0.39 is 29.6 Å². The first-order chi connectivity index (χ1) is 24.7. The molecule has 1 unspecified atom stereocenters. The van der Waals surface area contributed by atoms with Gasteiger partial charge >= 0.3 is 12.1 Å². The Hall–Kier alpha value is -5.45. The summed E-state index contributed by atoms with van der Waals surface area (Å²) in [5.41, 5.74) is 4.04. The summed E-state index contributed by atoms with van der Waals surface area (Å²) in [7, 11) is 1.28. The van der Waals surface area contributed by atoms with Gasteiger partial charge in [-0.05, 0) is 97.7 Å². The lowest BCUT2D eigenvalue weighted by Crippen LogP contribution is -2.40. The molecule has 1 saturated carbocycles. The summed E-state index contributed by atoms with van der Waals surface area (Å²) in [4.78, 5) is 57.3. The van der Waals surface area contributed by atoms with E-state index in [1.165, 1.54) is 17.6 Å². The molecule has 11 nitrogen and oxygen atoms in total. The molecule has 0 saturated heterocycles. The van der Waals surface area contributed by atoms with Crippen LogP contribution in [0.4, 0.5) is 10.6 Å². The molecule has 0 radical (unpaired) electrons. The zero-order valence-electron chi connectivity index (χ0n) is 30.7. The van der Waals surface area contributed by atoms with Crippen molar-refractivity contribution in [1.82, 2.24) is 15.6 Å². The lowest BCUT2D eigenvalue weighted by atomic mass is 9.95. The molecule has 3 atom stereocenters. The lowest BCUT2D eigenvalue weighted by molar-refractivity contribution is -0.141. The Labute approximate surface area is 304 Å². The summed E-state index contributed by atoms with van der Waals surface area (Å²) in [6, 6.07) is 19.7. The van der Waals surface area contributed by atoms with Gasteiger partial charge in [0.25, 0.3) is 0 Å². The molecule has 0 bridgehead atoms. The number of phenols is 1. The van der Waals surface area contributed by atoms with E-state index in [-0.39, 0.29) is 37.6 Å². The highest BCUT2D eigenvalue weighted by atomic mass is 16.6. The molecule has 5 rings (SSSR count). The summed E-state index contributed by atoms with van der Waals surface area (Å²) in [5, 5.41) is 17.4. The maximum atomic E-state index is 13.2. The summed E-state index contributed by atoms with van der Waals surface area (Å²) < 4.78 is 10.5. The fourth-order valence-corrected chi connectivity index (χ4v) is 6.30. The third kappa shape index (κ3) is 9.65. The number of hydrogen-bond donors (Lipinski definition) is 3. The molecule has 274 valence electrons. The van der Waals surface area contributed by atoms with Crippen molar-refractivity contribution in [3.63, 3.8) is 0 Å². The van der Waals surface area contributed by atoms with Crippen LogP contribution in [0.25, 0.3) is 21.9 Å². The van der Waals surface area contributed by atoms with Crippen LogP contribution in [0.5, 0.6) is 5.75 Å². The first kappa shape index (κ1) is 37.8. The van der Waals surface area contributed by atoms with Gasteiger partial charge in [0.15, 0.2) is 0 Å². The monoisotopic (exact) mass is 708 g/mol. The van der Waals surface area contributed by atoms with E-state index in [0.717, 1.165) is 33.9 Å². The van der Waals surface area contributed by atoms with E-state index in [4.69, 9.17) is 9.47 Å². The fourth-order valence-electron chi connectivity index (χ4n) is 6.30. The predicted molar refractivity (Wildman–Crippen MR) is 200 cm³/mol. The third-order valence-electron chi connectivity index (χ3n) is 9.23. The summed E-state index contributed by atoms with van der Waals surface area (Å²) in [6.07, 6.45) is 2.68. The van der Waals surface area contributed by atoms with Crippen LogP contribution in [0.1, 0.15) is 82.0 Å².